The zero-order valence-electron chi connectivity index (χ0n) is 6.46. The van der Waals surface area contributed by atoms with Crippen LogP contribution in [0.2, 0.25) is 0 Å². The molecule has 0 aliphatic rings. The van der Waals surface area contributed by atoms with E-state index in [0.29, 0.717) is 0 Å². The molecule has 0 heterocycles. The van der Waals surface area contributed by atoms with Crippen molar-refractivity contribution in [1.82, 2.24) is 0 Å². The molecule has 1 atom stereocenters. The van der Waals surface area contributed by atoms with E-state index in [-0.39, 0.29) is 4.11 Å². The summed E-state index contributed by atoms with van der Waals surface area (Å²) in [4.78, 5) is 0. The average molecular weight is 262 g/mol. The standard InChI is InChI=1S/C9H11IO/c1-11-9(10)7-8-5-3-2-4-6-8/h2-6,9H,7H2,1H3. The van der Waals surface area contributed by atoms with Gasteiger partial charge in [-0.3, -0.25) is 0 Å². The van der Waals surface area contributed by atoms with Crippen molar-refractivity contribution in [1.29, 1.82) is 0 Å². The first-order valence-corrected chi connectivity index (χ1v) is 4.78. The molecule has 0 spiro atoms. The summed E-state index contributed by atoms with van der Waals surface area (Å²) >= 11 is 2.29. The molecule has 11 heavy (non-hydrogen) atoms. The maximum Gasteiger partial charge on any atom is 0.112 e. The van der Waals surface area contributed by atoms with E-state index in [9.17, 15) is 0 Å². The Kier molecular flexibility index (Phi) is 3.86. The molecule has 0 fully saturated rings. The van der Waals surface area contributed by atoms with Crippen LogP contribution >= 0.6 is 22.6 Å². The van der Waals surface area contributed by atoms with E-state index in [1.807, 2.05) is 18.2 Å². The Morgan fingerprint density at radius 3 is 2.55 bits per heavy atom. The number of hydrogen-bond donors (Lipinski definition) is 0. The van der Waals surface area contributed by atoms with Crippen LogP contribution < -0.4 is 0 Å². The van der Waals surface area contributed by atoms with Gasteiger partial charge in [-0.25, -0.2) is 0 Å². The van der Waals surface area contributed by atoms with E-state index in [2.05, 4.69) is 34.7 Å². The molecular formula is C9H11IO. The SMILES string of the molecule is COC(I)Cc1ccccc1. The number of ether oxygens (including phenoxy) is 1. The molecule has 2 heteroatoms. The lowest BCUT2D eigenvalue weighted by atomic mass is 10.2. The maximum atomic E-state index is 5.14. The smallest absolute Gasteiger partial charge is 0.112 e. The molecule has 1 aromatic carbocycles. The highest BCUT2D eigenvalue weighted by molar-refractivity contribution is 14.1. The van der Waals surface area contributed by atoms with Crippen LogP contribution in [0.3, 0.4) is 0 Å². The van der Waals surface area contributed by atoms with E-state index in [1.165, 1.54) is 5.56 Å². The Labute approximate surface area is 80.9 Å². The summed E-state index contributed by atoms with van der Waals surface area (Å²) in [7, 11) is 1.74. The van der Waals surface area contributed by atoms with Gasteiger partial charge in [0.25, 0.3) is 0 Å². The van der Waals surface area contributed by atoms with Crippen molar-refractivity contribution >= 4 is 22.6 Å². The van der Waals surface area contributed by atoms with Crippen LogP contribution in [0, 0.1) is 0 Å². The number of methoxy groups -OCH3 is 1. The second-order valence-electron chi connectivity index (χ2n) is 2.34. The monoisotopic (exact) mass is 262 g/mol. The Bertz CT molecular complexity index is 198. The number of halogens is 1. The molecule has 1 unspecified atom stereocenters. The summed E-state index contributed by atoms with van der Waals surface area (Å²) in [5.74, 6) is 0. The van der Waals surface area contributed by atoms with E-state index >= 15 is 0 Å². The van der Waals surface area contributed by atoms with Crippen LogP contribution in [-0.4, -0.2) is 11.2 Å². The van der Waals surface area contributed by atoms with Crippen molar-refractivity contribution in [3.05, 3.63) is 35.9 Å². The van der Waals surface area contributed by atoms with E-state index in [1.54, 1.807) is 7.11 Å². The van der Waals surface area contributed by atoms with Gasteiger partial charge in [-0.2, -0.15) is 0 Å². The largest absolute Gasteiger partial charge is 0.371 e. The summed E-state index contributed by atoms with van der Waals surface area (Å²) < 4.78 is 5.43. The molecular weight excluding hydrogens is 251 g/mol. The van der Waals surface area contributed by atoms with Crippen LogP contribution in [0.1, 0.15) is 5.56 Å². The quantitative estimate of drug-likeness (QED) is 0.601. The Morgan fingerprint density at radius 1 is 1.36 bits per heavy atom. The predicted molar refractivity (Wildman–Crippen MR) is 55.0 cm³/mol. The second kappa shape index (κ2) is 4.72. The van der Waals surface area contributed by atoms with Crippen molar-refractivity contribution in [2.45, 2.75) is 10.5 Å². The van der Waals surface area contributed by atoms with Gasteiger partial charge in [0.05, 0.1) is 0 Å². The van der Waals surface area contributed by atoms with Crippen LogP contribution in [0.5, 0.6) is 0 Å². The van der Waals surface area contributed by atoms with Crippen LogP contribution in [0.4, 0.5) is 0 Å². The van der Waals surface area contributed by atoms with Gasteiger partial charge in [-0.05, 0) is 5.56 Å². The van der Waals surface area contributed by atoms with E-state index < -0.39 is 0 Å². The highest BCUT2D eigenvalue weighted by atomic mass is 127. The van der Waals surface area contributed by atoms with Crippen LogP contribution in [0.25, 0.3) is 0 Å². The van der Waals surface area contributed by atoms with Crippen molar-refractivity contribution in [2.24, 2.45) is 0 Å². The molecule has 0 aliphatic heterocycles. The third kappa shape index (κ3) is 3.20. The molecule has 1 nitrogen and oxygen atoms in total. The third-order valence-corrected chi connectivity index (χ3v) is 2.44. The second-order valence-corrected chi connectivity index (χ2v) is 3.72. The first-order chi connectivity index (χ1) is 5.33. The minimum atomic E-state index is 0.287. The molecule has 0 saturated carbocycles. The fraction of sp³-hybridized carbons (Fsp3) is 0.333. The molecule has 0 aliphatic carbocycles. The zero-order valence-corrected chi connectivity index (χ0v) is 8.61. The van der Waals surface area contributed by atoms with Gasteiger partial charge in [0.2, 0.25) is 0 Å². The molecule has 0 amide bonds. The highest BCUT2D eigenvalue weighted by Crippen LogP contribution is 2.09. The van der Waals surface area contributed by atoms with Crippen molar-refractivity contribution < 1.29 is 4.74 Å². The van der Waals surface area contributed by atoms with Gasteiger partial charge < -0.3 is 4.74 Å². The molecule has 0 aromatic heterocycles. The molecule has 0 saturated heterocycles. The Hall–Kier alpha value is -0.0900. The van der Waals surface area contributed by atoms with Gasteiger partial charge >= 0.3 is 0 Å². The van der Waals surface area contributed by atoms with E-state index in [0.717, 1.165) is 6.42 Å². The number of alkyl halides is 1. The topological polar surface area (TPSA) is 9.23 Å². The predicted octanol–water partition coefficient (Wildman–Crippen LogP) is 2.64. The van der Waals surface area contributed by atoms with Crippen molar-refractivity contribution in [2.75, 3.05) is 7.11 Å². The molecule has 60 valence electrons. The number of rotatable bonds is 3. The summed E-state index contributed by atoms with van der Waals surface area (Å²) in [6.45, 7) is 0. The fourth-order valence-corrected chi connectivity index (χ4v) is 1.39. The minimum Gasteiger partial charge on any atom is -0.371 e. The maximum absolute atomic E-state index is 5.14. The lowest BCUT2D eigenvalue weighted by Crippen LogP contribution is -2.03. The summed E-state index contributed by atoms with van der Waals surface area (Å²) in [6, 6.07) is 10.4. The number of hydrogen-bond acceptors (Lipinski definition) is 1. The molecule has 1 aromatic rings. The van der Waals surface area contributed by atoms with Crippen molar-refractivity contribution in [3.8, 4) is 0 Å². The summed E-state index contributed by atoms with van der Waals surface area (Å²) in [6.07, 6.45) is 0.984. The van der Waals surface area contributed by atoms with Crippen LogP contribution in [0.15, 0.2) is 30.3 Å². The van der Waals surface area contributed by atoms with Crippen molar-refractivity contribution in [3.63, 3.8) is 0 Å². The third-order valence-electron chi connectivity index (χ3n) is 1.49. The van der Waals surface area contributed by atoms with Gasteiger partial charge in [-0.1, -0.05) is 52.9 Å². The Morgan fingerprint density at radius 2 is 2.00 bits per heavy atom. The Balaban J connectivity index is 2.51. The minimum absolute atomic E-state index is 0.287. The zero-order chi connectivity index (χ0) is 8.10. The lowest BCUT2D eigenvalue weighted by molar-refractivity contribution is 0.186. The van der Waals surface area contributed by atoms with Gasteiger partial charge in [-0.15, -0.1) is 0 Å². The van der Waals surface area contributed by atoms with Gasteiger partial charge in [0, 0.05) is 13.5 Å². The molecule has 0 N–H and O–H groups in total. The average Bonchev–Trinajstić information content (AvgIpc) is 2.06. The fourth-order valence-electron chi connectivity index (χ4n) is 0.883. The lowest BCUT2D eigenvalue weighted by Gasteiger charge is -2.06. The highest BCUT2D eigenvalue weighted by Gasteiger charge is 2.00. The summed E-state index contributed by atoms with van der Waals surface area (Å²) in [5, 5.41) is 0. The molecule has 0 bridgehead atoms. The molecule has 0 radical (unpaired) electrons. The van der Waals surface area contributed by atoms with E-state index in [4.69, 9.17) is 4.74 Å². The first-order valence-electron chi connectivity index (χ1n) is 3.53. The van der Waals surface area contributed by atoms with Crippen LogP contribution in [-0.2, 0) is 11.2 Å². The van der Waals surface area contributed by atoms with Gasteiger partial charge in [0.1, 0.15) is 4.11 Å². The first kappa shape index (κ1) is 9.00. The molecule has 1 rings (SSSR count). The summed E-state index contributed by atoms with van der Waals surface area (Å²) in [5.41, 5.74) is 1.33. The number of benzene rings is 1. The van der Waals surface area contributed by atoms with Gasteiger partial charge in [0.15, 0.2) is 0 Å². The normalized spacial score (nSPS) is 12.9.